The molecule has 0 heterocycles. The Labute approximate surface area is 135 Å². The first-order chi connectivity index (χ1) is 9.90. The molecular weight excluding hydrogens is 282 g/mol. The van der Waals surface area contributed by atoms with Gasteiger partial charge in [-0.3, -0.25) is 0 Å². The first kappa shape index (κ1) is 18.5. The summed E-state index contributed by atoms with van der Waals surface area (Å²) in [4.78, 5) is 0. The van der Waals surface area contributed by atoms with Gasteiger partial charge in [-0.15, -0.1) is 0 Å². The fourth-order valence-electron chi connectivity index (χ4n) is 2.39. The SMILES string of the molecule is COCCNCC(CCC(C)(C)C)Cc1cccc(Cl)c1. The molecule has 1 N–H and O–H groups in total. The maximum atomic E-state index is 6.09. The van der Waals surface area contributed by atoms with Crippen molar-refractivity contribution in [2.75, 3.05) is 26.8 Å². The number of rotatable bonds is 9. The smallest absolute Gasteiger partial charge is 0.0587 e. The normalized spacial score (nSPS) is 13.4. The Morgan fingerprint density at radius 2 is 2.05 bits per heavy atom. The van der Waals surface area contributed by atoms with Crippen LogP contribution < -0.4 is 5.32 Å². The second kappa shape index (κ2) is 9.45. The summed E-state index contributed by atoms with van der Waals surface area (Å²) in [5.74, 6) is 0.638. The van der Waals surface area contributed by atoms with Crippen LogP contribution in [0.3, 0.4) is 0 Å². The summed E-state index contributed by atoms with van der Waals surface area (Å²) in [6.07, 6.45) is 3.55. The molecule has 1 atom stereocenters. The molecular formula is C18H30ClNO. The molecule has 1 aromatic rings. The van der Waals surface area contributed by atoms with E-state index in [0.717, 1.165) is 31.1 Å². The molecule has 1 unspecified atom stereocenters. The van der Waals surface area contributed by atoms with Crippen molar-refractivity contribution in [3.8, 4) is 0 Å². The lowest BCUT2D eigenvalue weighted by Crippen LogP contribution is -2.28. The highest BCUT2D eigenvalue weighted by Crippen LogP contribution is 2.25. The lowest BCUT2D eigenvalue weighted by molar-refractivity contribution is 0.196. The van der Waals surface area contributed by atoms with Crippen LogP contribution in [0, 0.1) is 11.3 Å². The van der Waals surface area contributed by atoms with E-state index in [1.54, 1.807) is 7.11 Å². The maximum Gasteiger partial charge on any atom is 0.0587 e. The van der Waals surface area contributed by atoms with Gasteiger partial charge in [-0.05, 0) is 54.8 Å². The quantitative estimate of drug-likeness (QED) is 0.675. The Bertz CT molecular complexity index is 400. The van der Waals surface area contributed by atoms with Crippen molar-refractivity contribution in [2.45, 2.75) is 40.0 Å². The van der Waals surface area contributed by atoms with Crippen LogP contribution in [0.1, 0.15) is 39.2 Å². The lowest BCUT2D eigenvalue weighted by atomic mass is 9.84. The zero-order valence-corrected chi connectivity index (χ0v) is 14.7. The molecule has 0 saturated heterocycles. The van der Waals surface area contributed by atoms with Crippen LogP contribution >= 0.6 is 11.6 Å². The van der Waals surface area contributed by atoms with Gasteiger partial charge in [-0.2, -0.15) is 0 Å². The highest BCUT2D eigenvalue weighted by atomic mass is 35.5. The summed E-state index contributed by atoms with van der Waals surface area (Å²) in [6, 6.07) is 8.23. The van der Waals surface area contributed by atoms with Crippen molar-refractivity contribution in [2.24, 2.45) is 11.3 Å². The molecule has 0 radical (unpaired) electrons. The molecule has 2 nitrogen and oxygen atoms in total. The van der Waals surface area contributed by atoms with Crippen molar-refractivity contribution < 1.29 is 4.74 Å². The molecule has 3 heteroatoms. The van der Waals surface area contributed by atoms with Crippen LogP contribution in [-0.4, -0.2) is 26.8 Å². The minimum atomic E-state index is 0.388. The molecule has 0 aliphatic rings. The van der Waals surface area contributed by atoms with Crippen molar-refractivity contribution >= 4 is 11.6 Å². The molecule has 1 aromatic carbocycles. The fourth-order valence-corrected chi connectivity index (χ4v) is 2.60. The summed E-state index contributed by atoms with van der Waals surface area (Å²) in [5, 5.41) is 4.33. The average Bonchev–Trinajstić information content (AvgIpc) is 2.40. The van der Waals surface area contributed by atoms with Gasteiger partial charge in [0.05, 0.1) is 6.61 Å². The van der Waals surface area contributed by atoms with Gasteiger partial charge in [0.15, 0.2) is 0 Å². The van der Waals surface area contributed by atoms with Crippen LogP contribution in [0.2, 0.25) is 5.02 Å². The number of ether oxygens (including phenoxy) is 1. The van der Waals surface area contributed by atoms with Gasteiger partial charge in [-0.1, -0.05) is 44.5 Å². The second-order valence-corrected chi connectivity index (χ2v) is 7.43. The molecule has 0 aliphatic heterocycles. The first-order valence-corrected chi connectivity index (χ1v) is 8.22. The number of halogens is 1. The standard InChI is InChI=1S/C18H30ClNO/c1-18(2,3)9-8-16(14-20-10-11-21-4)12-15-6-5-7-17(19)13-15/h5-7,13,16,20H,8-12,14H2,1-4H3. The van der Waals surface area contributed by atoms with Gasteiger partial charge < -0.3 is 10.1 Å². The van der Waals surface area contributed by atoms with E-state index in [1.165, 1.54) is 18.4 Å². The number of hydrogen-bond acceptors (Lipinski definition) is 2. The van der Waals surface area contributed by atoms with Gasteiger partial charge in [0.1, 0.15) is 0 Å². The van der Waals surface area contributed by atoms with Crippen LogP contribution in [0.25, 0.3) is 0 Å². The predicted octanol–water partition coefficient (Wildman–Crippen LogP) is 4.56. The minimum Gasteiger partial charge on any atom is -0.383 e. The van der Waals surface area contributed by atoms with Gasteiger partial charge in [0.25, 0.3) is 0 Å². The molecule has 0 bridgehead atoms. The van der Waals surface area contributed by atoms with Crippen LogP contribution in [0.5, 0.6) is 0 Å². The maximum absolute atomic E-state index is 6.09. The van der Waals surface area contributed by atoms with Crippen molar-refractivity contribution in [3.05, 3.63) is 34.9 Å². The molecule has 120 valence electrons. The number of methoxy groups -OCH3 is 1. The Balaban J connectivity index is 2.53. The highest BCUT2D eigenvalue weighted by Gasteiger charge is 2.16. The van der Waals surface area contributed by atoms with E-state index >= 15 is 0 Å². The monoisotopic (exact) mass is 311 g/mol. The third kappa shape index (κ3) is 9.13. The lowest BCUT2D eigenvalue weighted by Gasteiger charge is -2.24. The van der Waals surface area contributed by atoms with E-state index in [0.29, 0.717) is 11.3 Å². The van der Waals surface area contributed by atoms with Gasteiger partial charge in [0.2, 0.25) is 0 Å². The Kier molecular flexibility index (Phi) is 8.31. The number of benzene rings is 1. The van der Waals surface area contributed by atoms with E-state index in [9.17, 15) is 0 Å². The van der Waals surface area contributed by atoms with E-state index in [4.69, 9.17) is 16.3 Å². The van der Waals surface area contributed by atoms with Crippen molar-refractivity contribution in [1.29, 1.82) is 0 Å². The average molecular weight is 312 g/mol. The predicted molar refractivity (Wildman–Crippen MR) is 92.1 cm³/mol. The van der Waals surface area contributed by atoms with E-state index in [-0.39, 0.29) is 0 Å². The largest absolute Gasteiger partial charge is 0.383 e. The first-order valence-electron chi connectivity index (χ1n) is 7.85. The van der Waals surface area contributed by atoms with Gasteiger partial charge in [-0.25, -0.2) is 0 Å². The summed E-state index contributed by atoms with van der Waals surface area (Å²) < 4.78 is 5.09. The third-order valence-corrected chi connectivity index (χ3v) is 3.87. The molecule has 0 saturated carbocycles. The van der Waals surface area contributed by atoms with Crippen molar-refractivity contribution in [3.63, 3.8) is 0 Å². The Morgan fingerprint density at radius 3 is 2.67 bits per heavy atom. The molecule has 0 aliphatic carbocycles. The fraction of sp³-hybridized carbons (Fsp3) is 0.667. The second-order valence-electron chi connectivity index (χ2n) is 7.00. The van der Waals surface area contributed by atoms with E-state index in [2.05, 4.69) is 38.2 Å². The van der Waals surface area contributed by atoms with Gasteiger partial charge in [0, 0.05) is 18.7 Å². The summed E-state index contributed by atoms with van der Waals surface area (Å²) in [5.41, 5.74) is 1.72. The molecule has 21 heavy (non-hydrogen) atoms. The molecule has 0 spiro atoms. The van der Waals surface area contributed by atoms with E-state index < -0.39 is 0 Å². The Hall–Kier alpha value is -0.570. The van der Waals surface area contributed by atoms with Crippen LogP contribution in [-0.2, 0) is 11.2 Å². The molecule has 1 rings (SSSR count). The van der Waals surface area contributed by atoms with Crippen LogP contribution in [0.15, 0.2) is 24.3 Å². The summed E-state index contributed by atoms with van der Waals surface area (Å²) in [6.45, 7) is 9.64. The number of hydrogen-bond donors (Lipinski definition) is 1. The summed E-state index contributed by atoms with van der Waals surface area (Å²) in [7, 11) is 1.74. The zero-order valence-electron chi connectivity index (χ0n) is 13.9. The van der Waals surface area contributed by atoms with E-state index in [1.807, 2.05) is 12.1 Å². The Morgan fingerprint density at radius 1 is 1.29 bits per heavy atom. The zero-order chi connectivity index (χ0) is 15.7. The third-order valence-electron chi connectivity index (χ3n) is 3.63. The van der Waals surface area contributed by atoms with Crippen molar-refractivity contribution in [1.82, 2.24) is 5.32 Å². The summed E-state index contributed by atoms with van der Waals surface area (Å²) >= 11 is 6.09. The van der Waals surface area contributed by atoms with Crippen LogP contribution in [0.4, 0.5) is 0 Å². The minimum absolute atomic E-state index is 0.388. The molecule has 0 aromatic heterocycles. The number of nitrogens with one attached hydrogen (secondary N) is 1. The van der Waals surface area contributed by atoms with Gasteiger partial charge >= 0.3 is 0 Å². The topological polar surface area (TPSA) is 21.3 Å². The molecule has 0 amide bonds. The molecule has 0 fully saturated rings. The highest BCUT2D eigenvalue weighted by molar-refractivity contribution is 6.30.